The van der Waals surface area contributed by atoms with Gasteiger partial charge in [0.25, 0.3) is 0 Å². The normalized spacial score (nSPS) is 19.9. The SMILES string of the molecule is c1ccc(C2(C[C@@H]3CS3)c3ccccc3-c3ccccc32)cc1. The van der Waals surface area contributed by atoms with Crippen LogP contribution in [0, 0.1) is 0 Å². The Morgan fingerprint density at radius 2 is 1.26 bits per heavy atom. The molecule has 0 N–H and O–H groups in total. The second-order valence-corrected chi connectivity index (χ2v) is 7.86. The lowest BCUT2D eigenvalue weighted by atomic mass is 9.69. The lowest BCUT2D eigenvalue weighted by Gasteiger charge is -2.33. The minimum atomic E-state index is 0.0165. The Morgan fingerprint density at radius 1 is 0.739 bits per heavy atom. The van der Waals surface area contributed by atoms with Gasteiger partial charge in [0.05, 0.1) is 0 Å². The molecule has 23 heavy (non-hydrogen) atoms. The van der Waals surface area contributed by atoms with Crippen molar-refractivity contribution in [2.45, 2.75) is 17.1 Å². The molecule has 2 aliphatic rings. The molecule has 1 heteroatoms. The lowest BCUT2D eigenvalue weighted by Crippen LogP contribution is -2.28. The van der Waals surface area contributed by atoms with E-state index >= 15 is 0 Å². The summed E-state index contributed by atoms with van der Waals surface area (Å²) < 4.78 is 0. The molecule has 0 saturated carbocycles. The summed E-state index contributed by atoms with van der Waals surface area (Å²) in [7, 11) is 0. The molecule has 0 unspecified atom stereocenters. The number of fused-ring (bicyclic) bond motifs is 3. The van der Waals surface area contributed by atoms with Gasteiger partial charge in [-0.25, -0.2) is 0 Å². The van der Waals surface area contributed by atoms with Crippen molar-refractivity contribution in [1.82, 2.24) is 0 Å². The summed E-state index contributed by atoms with van der Waals surface area (Å²) in [6.45, 7) is 0. The predicted octanol–water partition coefficient (Wildman–Crippen LogP) is 5.51. The van der Waals surface area contributed by atoms with E-state index in [-0.39, 0.29) is 5.41 Å². The van der Waals surface area contributed by atoms with Gasteiger partial charge in [-0.05, 0) is 34.2 Å². The molecule has 0 aromatic heterocycles. The molecule has 1 saturated heterocycles. The fourth-order valence-corrected chi connectivity index (χ4v) is 4.85. The molecular weight excluding hydrogens is 296 g/mol. The number of benzene rings is 3. The van der Waals surface area contributed by atoms with Crippen LogP contribution in [-0.2, 0) is 5.41 Å². The Bertz CT molecular complexity index is 816. The maximum absolute atomic E-state index is 2.34. The third-order valence-corrected chi connectivity index (χ3v) is 6.24. The van der Waals surface area contributed by atoms with Crippen molar-refractivity contribution in [2.24, 2.45) is 0 Å². The van der Waals surface area contributed by atoms with Crippen molar-refractivity contribution < 1.29 is 0 Å². The second-order valence-electron chi connectivity index (χ2n) is 6.52. The molecule has 5 rings (SSSR count). The molecule has 3 aromatic carbocycles. The molecule has 0 bridgehead atoms. The van der Waals surface area contributed by atoms with Crippen LogP contribution in [0.4, 0.5) is 0 Å². The highest BCUT2D eigenvalue weighted by atomic mass is 32.2. The van der Waals surface area contributed by atoms with Gasteiger partial charge in [0.1, 0.15) is 0 Å². The van der Waals surface area contributed by atoms with E-state index in [0.29, 0.717) is 0 Å². The summed E-state index contributed by atoms with van der Waals surface area (Å²) in [5.74, 6) is 1.30. The average molecular weight is 314 g/mol. The maximum Gasteiger partial charge on any atom is 0.0474 e. The molecule has 112 valence electrons. The van der Waals surface area contributed by atoms with Crippen LogP contribution in [0.1, 0.15) is 23.1 Å². The second kappa shape index (κ2) is 5.01. The minimum Gasteiger partial charge on any atom is -0.157 e. The highest BCUT2D eigenvalue weighted by Gasteiger charge is 2.47. The molecule has 0 radical (unpaired) electrons. The van der Waals surface area contributed by atoms with Crippen LogP contribution in [0.15, 0.2) is 78.9 Å². The Labute approximate surface area is 141 Å². The average Bonchev–Trinajstić information content (AvgIpc) is 3.40. The molecule has 1 fully saturated rings. The van der Waals surface area contributed by atoms with Crippen LogP contribution in [0.3, 0.4) is 0 Å². The van der Waals surface area contributed by atoms with Gasteiger partial charge in [0.15, 0.2) is 0 Å². The molecule has 0 spiro atoms. The van der Waals surface area contributed by atoms with Gasteiger partial charge in [-0.15, -0.1) is 0 Å². The largest absolute Gasteiger partial charge is 0.157 e. The van der Waals surface area contributed by atoms with Gasteiger partial charge < -0.3 is 0 Å². The highest BCUT2D eigenvalue weighted by molar-refractivity contribution is 8.06. The van der Waals surface area contributed by atoms with Crippen molar-refractivity contribution in [3.05, 3.63) is 95.6 Å². The molecular formula is C22H18S. The monoisotopic (exact) mass is 314 g/mol. The van der Waals surface area contributed by atoms with Crippen molar-refractivity contribution in [3.63, 3.8) is 0 Å². The Balaban J connectivity index is 1.86. The molecule has 1 aliphatic heterocycles. The first-order chi connectivity index (χ1) is 11.4. The van der Waals surface area contributed by atoms with E-state index in [4.69, 9.17) is 0 Å². The van der Waals surface area contributed by atoms with E-state index in [9.17, 15) is 0 Å². The summed E-state index contributed by atoms with van der Waals surface area (Å²) in [4.78, 5) is 0. The minimum absolute atomic E-state index is 0.0165. The van der Waals surface area contributed by atoms with Gasteiger partial charge >= 0.3 is 0 Å². The number of hydrogen-bond donors (Lipinski definition) is 0. The van der Waals surface area contributed by atoms with Crippen LogP contribution in [-0.4, -0.2) is 11.0 Å². The quantitative estimate of drug-likeness (QED) is 0.575. The Kier molecular flexibility index (Phi) is 2.93. The van der Waals surface area contributed by atoms with Crippen LogP contribution < -0.4 is 0 Å². The zero-order valence-electron chi connectivity index (χ0n) is 12.9. The lowest BCUT2D eigenvalue weighted by molar-refractivity contribution is 0.588. The maximum atomic E-state index is 2.34. The molecule has 0 amide bonds. The van der Waals surface area contributed by atoms with Gasteiger partial charge in [-0.3, -0.25) is 0 Å². The summed E-state index contributed by atoms with van der Waals surface area (Å²) in [6, 6.07) is 29.1. The Hall–Kier alpha value is -1.99. The van der Waals surface area contributed by atoms with Crippen molar-refractivity contribution in [2.75, 3.05) is 5.75 Å². The Morgan fingerprint density at radius 3 is 1.83 bits per heavy atom. The van der Waals surface area contributed by atoms with Gasteiger partial charge in [0.2, 0.25) is 0 Å². The van der Waals surface area contributed by atoms with E-state index in [1.54, 1.807) is 0 Å². The van der Waals surface area contributed by atoms with E-state index in [0.717, 1.165) is 5.25 Å². The molecule has 0 nitrogen and oxygen atoms in total. The highest BCUT2D eigenvalue weighted by Crippen LogP contribution is 2.57. The topological polar surface area (TPSA) is 0 Å². The fourth-order valence-electron chi connectivity index (χ4n) is 4.22. The van der Waals surface area contributed by atoms with E-state index in [1.807, 2.05) is 0 Å². The van der Waals surface area contributed by atoms with Gasteiger partial charge in [-0.2, -0.15) is 11.8 Å². The summed E-state index contributed by atoms with van der Waals surface area (Å²) in [5.41, 5.74) is 7.25. The number of rotatable bonds is 3. The van der Waals surface area contributed by atoms with Crippen molar-refractivity contribution >= 4 is 11.8 Å². The van der Waals surface area contributed by atoms with Crippen molar-refractivity contribution in [3.8, 4) is 11.1 Å². The summed E-state index contributed by atoms with van der Waals surface area (Å²) in [6.07, 6.45) is 1.20. The van der Waals surface area contributed by atoms with E-state index < -0.39 is 0 Å². The first kappa shape index (κ1) is 13.4. The predicted molar refractivity (Wildman–Crippen MR) is 99.1 cm³/mol. The van der Waals surface area contributed by atoms with Crippen LogP contribution in [0.2, 0.25) is 0 Å². The summed E-state index contributed by atoms with van der Waals surface area (Å²) >= 11 is 2.10. The molecule has 3 aromatic rings. The standard InChI is InChI=1S/C22H18S/c1-2-8-16(9-3-1)22(14-17-15-23-17)20-12-6-4-10-18(20)19-11-5-7-13-21(19)22/h1-13,17H,14-15H2/t17-/m1/s1. The number of thioether (sulfide) groups is 1. The zero-order valence-corrected chi connectivity index (χ0v) is 13.7. The van der Waals surface area contributed by atoms with E-state index in [2.05, 4.69) is 90.6 Å². The van der Waals surface area contributed by atoms with Gasteiger partial charge in [-0.1, -0.05) is 78.9 Å². The number of hydrogen-bond acceptors (Lipinski definition) is 1. The first-order valence-corrected chi connectivity index (χ1v) is 9.31. The smallest absolute Gasteiger partial charge is 0.0474 e. The zero-order chi connectivity index (χ0) is 15.3. The third kappa shape index (κ3) is 1.93. The van der Waals surface area contributed by atoms with E-state index in [1.165, 1.54) is 40.0 Å². The molecule has 1 aliphatic carbocycles. The van der Waals surface area contributed by atoms with Crippen molar-refractivity contribution in [1.29, 1.82) is 0 Å². The first-order valence-electron chi connectivity index (χ1n) is 8.26. The van der Waals surface area contributed by atoms with Gasteiger partial charge in [0, 0.05) is 16.4 Å². The van der Waals surface area contributed by atoms with Crippen LogP contribution >= 0.6 is 11.8 Å². The fraction of sp³-hybridized carbons (Fsp3) is 0.182. The van der Waals surface area contributed by atoms with Crippen LogP contribution in [0.25, 0.3) is 11.1 Å². The third-order valence-electron chi connectivity index (χ3n) is 5.27. The molecule has 1 atom stereocenters. The summed E-state index contributed by atoms with van der Waals surface area (Å²) in [5, 5.41) is 0.786. The molecule has 1 heterocycles. The van der Waals surface area contributed by atoms with Crippen LogP contribution in [0.5, 0.6) is 0 Å².